The zero-order chi connectivity index (χ0) is 11.7. The average Bonchev–Trinajstić information content (AvgIpc) is 2.92. The molecule has 2 aliphatic carbocycles. The van der Waals surface area contributed by atoms with E-state index in [0.29, 0.717) is 6.10 Å². The molecule has 3 rings (SSSR count). The first-order valence-corrected chi connectivity index (χ1v) is 6.75. The SMILES string of the molecule is CNCc1cccc(OC2CC3CCC2C3)c1. The van der Waals surface area contributed by atoms with Crippen LogP contribution in [0.15, 0.2) is 24.3 Å². The number of fused-ring (bicyclic) bond motifs is 2. The van der Waals surface area contributed by atoms with Crippen molar-refractivity contribution < 1.29 is 4.74 Å². The Kier molecular flexibility index (Phi) is 3.06. The molecule has 1 aromatic carbocycles. The Morgan fingerprint density at radius 2 is 2.24 bits per heavy atom. The summed E-state index contributed by atoms with van der Waals surface area (Å²) in [5.74, 6) is 2.83. The number of rotatable bonds is 4. The van der Waals surface area contributed by atoms with E-state index in [2.05, 4.69) is 29.6 Å². The van der Waals surface area contributed by atoms with Crippen LogP contribution < -0.4 is 10.1 Å². The van der Waals surface area contributed by atoms with E-state index in [9.17, 15) is 0 Å². The topological polar surface area (TPSA) is 21.3 Å². The predicted molar refractivity (Wildman–Crippen MR) is 69.1 cm³/mol. The van der Waals surface area contributed by atoms with Crippen molar-refractivity contribution in [2.75, 3.05) is 7.05 Å². The summed E-state index contributed by atoms with van der Waals surface area (Å²) in [6, 6.07) is 8.49. The van der Waals surface area contributed by atoms with Crippen LogP contribution in [0.3, 0.4) is 0 Å². The predicted octanol–water partition coefficient (Wildman–Crippen LogP) is 2.97. The van der Waals surface area contributed by atoms with Crippen molar-refractivity contribution in [3.05, 3.63) is 29.8 Å². The van der Waals surface area contributed by atoms with Gasteiger partial charge in [-0.25, -0.2) is 0 Å². The molecule has 0 radical (unpaired) electrons. The van der Waals surface area contributed by atoms with Gasteiger partial charge in [0, 0.05) is 6.54 Å². The highest BCUT2D eigenvalue weighted by Gasteiger charge is 2.40. The summed E-state index contributed by atoms with van der Waals surface area (Å²) >= 11 is 0. The highest BCUT2D eigenvalue weighted by atomic mass is 16.5. The second-order valence-corrected chi connectivity index (χ2v) is 5.51. The van der Waals surface area contributed by atoms with Gasteiger partial charge in [0.25, 0.3) is 0 Å². The van der Waals surface area contributed by atoms with Crippen molar-refractivity contribution in [1.29, 1.82) is 0 Å². The first kappa shape index (κ1) is 11.1. The quantitative estimate of drug-likeness (QED) is 0.860. The number of benzene rings is 1. The van der Waals surface area contributed by atoms with Gasteiger partial charge in [-0.2, -0.15) is 0 Å². The standard InChI is InChI=1S/C15H21NO/c1-16-10-12-3-2-4-14(8-12)17-15-9-11-5-6-13(15)7-11/h2-4,8,11,13,15-16H,5-7,9-10H2,1H3. The third-order valence-electron chi connectivity index (χ3n) is 4.24. The lowest BCUT2D eigenvalue weighted by atomic mass is 9.98. The number of nitrogens with one attached hydrogen (secondary N) is 1. The molecule has 2 heteroatoms. The molecule has 2 nitrogen and oxygen atoms in total. The highest BCUT2D eigenvalue weighted by molar-refractivity contribution is 5.28. The molecule has 0 amide bonds. The van der Waals surface area contributed by atoms with E-state index in [1.54, 1.807) is 0 Å². The van der Waals surface area contributed by atoms with Crippen LogP contribution in [-0.4, -0.2) is 13.2 Å². The van der Waals surface area contributed by atoms with Crippen LogP contribution in [0, 0.1) is 11.8 Å². The number of hydrogen-bond acceptors (Lipinski definition) is 2. The first-order valence-electron chi connectivity index (χ1n) is 6.75. The van der Waals surface area contributed by atoms with Crippen LogP contribution in [0.25, 0.3) is 0 Å². The third kappa shape index (κ3) is 2.32. The lowest BCUT2D eigenvalue weighted by molar-refractivity contribution is 0.138. The molecule has 2 bridgehead atoms. The second-order valence-electron chi connectivity index (χ2n) is 5.51. The van der Waals surface area contributed by atoms with Gasteiger partial charge in [-0.05, 0) is 62.3 Å². The van der Waals surface area contributed by atoms with Crippen LogP contribution in [0.1, 0.15) is 31.2 Å². The minimum Gasteiger partial charge on any atom is -0.490 e. The van der Waals surface area contributed by atoms with Crippen molar-refractivity contribution in [2.24, 2.45) is 11.8 Å². The Bertz CT molecular complexity index is 390. The molecule has 0 heterocycles. The summed E-state index contributed by atoms with van der Waals surface area (Å²) in [6.07, 6.45) is 5.98. The van der Waals surface area contributed by atoms with Gasteiger partial charge in [0.2, 0.25) is 0 Å². The minimum absolute atomic E-state index is 0.485. The maximum absolute atomic E-state index is 6.17. The smallest absolute Gasteiger partial charge is 0.120 e. The fourth-order valence-electron chi connectivity index (χ4n) is 3.44. The van der Waals surface area contributed by atoms with E-state index >= 15 is 0 Å². The van der Waals surface area contributed by atoms with Crippen LogP contribution in [0.4, 0.5) is 0 Å². The van der Waals surface area contributed by atoms with Gasteiger partial charge in [-0.3, -0.25) is 0 Å². The third-order valence-corrected chi connectivity index (χ3v) is 4.24. The molecule has 0 saturated heterocycles. The van der Waals surface area contributed by atoms with E-state index in [0.717, 1.165) is 24.1 Å². The summed E-state index contributed by atoms with van der Waals surface area (Å²) in [6.45, 7) is 0.911. The molecule has 1 aromatic rings. The molecular formula is C15H21NO. The molecule has 3 atom stereocenters. The van der Waals surface area contributed by atoms with Gasteiger partial charge in [-0.15, -0.1) is 0 Å². The van der Waals surface area contributed by atoms with Gasteiger partial charge < -0.3 is 10.1 Å². The largest absolute Gasteiger partial charge is 0.490 e. The summed E-state index contributed by atoms with van der Waals surface area (Å²) in [5.41, 5.74) is 1.30. The molecule has 0 aliphatic heterocycles. The van der Waals surface area contributed by atoms with Crippen LogP contribution in [-0.2, 0) is 6.54 Å². The Labute approximate surface area is 103 Å². The average molecular weight is 231 g/mol. The Hall–Kier alpha value is -1.02. The monoisotopic (exact) mass is 231 g/mol. The lowest BCUT2D eigenvalue weighted by Crippen LogP contribution is -2.23. The van der Waals surface area contributed by atoms with E-state index < -0.39 is 0 Å². The molecule has 2 saturated carbocycles. The highest BCUT2D eigenvalue weighted by Crippen LogP contribution is 2.45. The van der Waals surface area contributed by atoms with E-state index in [1.165, 1.54) is 31.2 Å². The Balaban J connectivity index is 1.66. The Morgan fingerprint density at radius 1 is 1.29 bits per heavy atom. The molecule has 2 aliphatic rings. The maximum atomic E-state index is 6.17. The summed E-state index contributed by atoms with van der Waals surface area (Å²) < 4.78 is 6.17. The molecule has 17 heavy (non-hydrogen) atoms. The molecule has 1 N–H and O–H groups in total. The van der Waals surface area contributed by atoms with Crippen molar-refractivity contribution in [3.8, 4) is 5.75 Å². The minimum atomic E-state index is 0.485. The van der Waals surface area contributed by atoms with Crippen LogP contribution in [0.2, 0.25) is 0 Å². The normalized spacial score (nSPS) is 30.8. The zero-order valence-corrected chi connectivity index (χ0v) is 10.5. The zero-order valence-electron chi connectivity index (χ0n) is 10.5. The van der Waals surface area contributed by atoms with E-state index in [4.69, 9.17) is 4.74 Å². The molecule has 3 unspecified atom stereocenters. The van der Waals surface area contributed by atoms with Crippen molar-refractivity contribution in [2.45, 2.75) is 38.3 Å². The summed E-state index contributed by atoms with van der Waals surface area (Å²) in [4.78, 5) is 0. The van der Waals surface area contributed by atoms with Gasteiger partial charge in [0.1, 0.15) is 11.9 Å². The second kappa shape index (κ2) is 4.69. The fourth-order valence-corrected chi connectivity index (χ4v) is 3.44. The van der Waals surface area contributed by atoms with Gasteiger partial charge in [0.05, 0.1) is 0 Å². The Morgan fingerprint density at radius 3 is 2.94 bits per heavy atom. The maximum Gasteiger partial charge on any atom is 0.120 e. The molecule has 92 valence electrons. The molecule has 0 spiro atoms. The fraction of sp³-hybridized carbons (Fsp3) is 0.600. The molecule has 2 fully saturated rings. The summed E-state index contributed by atoms with van der Waals surface area (Å²) in [7, 11) is 1.98. The van der Waals surface area contributed by atoms with Crippen molar-refractivity contribution in [3.63, 3.8) is 0 Å². The summed E-state index contributed by atoms with van der Waals surface area (Å²) in [5, 5.41) is 3.18. The van der Waals surface area contributed by atoms with E-state index in [-0.39, 0.29) is 0 Å². The van der Waals surface area contributed by atoms with Crippen LogP contribution >= 0.6 is 0 Å². The lowest BCUT2D eigenvalue weighted by Gasteiger charge is -2.23. The van der Waals surface area contributed by atoms with Crippen molar-refractivity contribution >= 4 is 0 Å². The van der Waals surface area contributed by atoms with E-state index in [1.807, 2.05) is 7.05 Å². The number of ether oxygens (including phenoxy) is 1. The molecular weight excluding hydrogens is 210 g/mol. The first-order chi connectivity index (χ1) is 8.35. The van der Waals surface area contributed by atoms with Crippen molar-refractivity contribution in [1.82, 2.24) is 5.32 Å². The number of hydrogen-bond donors (Lipinski definition) is 1. The van der Waals surface area contributed by atoms with Gasteiger partial charge in [-0.1, -0.05) is 12.1 Å². The molecule has 0 aromatic heterocycles. The van der Waals surface area contributed by atoms with Gasteiger partial charge >= 0.3 is 0 Å². The van der Waals surface area contributed by atoms with Gasteiger partial charge in [0.15, 0.2) is 0 Å². The van der Waals surface area contributed by atoms with Crippen LogP contribution in [0.5, 0.6) is 5.75 Å².